The van der Waals surface area contributed by atoms with Crippen LogP contribution in [0.4, 0.5) is 0 Å². The van der Waals surface area contributed by atoms with E-state index < -0.39 is 29.5 Å². The second-order valence-electron chi connectivity index (χ2n) is 7.47. The minimum absolute atomic E-state index is 0.0478. The summed E-state index contributed by atoms with van der Waals surface area (Å²) in [5.74, 6) is -2.05. The first-order valence-electron chi connectivity index (χ1n) is 10.5. The number of hydrogen-bond acceptors (Lipinski definition) is 6. The van der Waals surface area contributed by atoms with Crippen LogP contribution in [0.25, 0.3) is 11.1 Å². The molecule has 8 heteroatoms. The highest BCUT2D eigenvalue weighted by Gasteiger charge is 2.52. The zero-order chi connectivity index (χ0) is 23.1. The van der Waals surface area contributed by atoms with Crippen LogP contribution in [0.5, 0.6) is 5.75 Å². The number of methoxy groups -OCH3 is 1. The number of nitrogens with one attached hydrogen (secondary N) is 1. The Kier molecular flexibility index (Phi) is 7.48. The van der Waals surface area contributed by atoms with E-state index in [1.54, 1.807) is 26.2 Å². The van der Waals surface area contributed by atoms with Crippen LogP contribution in [0.2, 0.25) is 0 Å². The minimum atomic E-state index is -1.79. The molecule has 1 aliphatic rings. The second kappa shape index (κ2) is 10.3. The monoisotopic (exact) mass is 441 g/mol. The molecule has 0 unspecified atom stereocenters. The van der Waals surface area contributed by atoms with Gasteiger partial charge in [0.25, 0.3) is 5.91 Å². The SMILES string of the molecule is CCOC(=O)[C@]1(C(=O)N[C@@H](Cc2ccc(-c3ccccc3OC)cc2)C(=O)O)CCCO1. The van der Waals surface area contributed by atoms with Crippen LogP contribution < -0.4 is 10.1 Å². The number of carboxylic acid groups (broad SMARTS) is 1. The lowest BCUT2D eigenvalue weighted by molar-refractivity contribution is -0.173. The maximum Gasteiger partial charge on any atom is 0.348 e. The highest BCUT2D eigenvalue weighted by Crippen LogP contribution is 2.30. The molecule has 2 aromatic rings. The molecule has 0 aromatic heterocycles. The fourth-order valence-electron chi connectivity index (χ4n) is 3.73. The van der Waals surface area contributed by atoms with Crippen molar-refractivity contribution in [3.05, 3.63) is 54.1 Å². The minimum Gasteiger partial charge on any atom is -0.496 e. The van der Waals surface area contributed by atoms with Gasteiger partial charge in [-0.15, -0.1) is 0 Å². The topological polar surface area (TPSA) is 111 Å². The average molecular weight is 441 g/mol. The van der Waals surface area contributed by atoms with E-state index in [4.69, 9.17) is 14.2 Å². The van der Waals surface area contributed by atoms with Crippen molar-refractivity contribution in [1.29, 1.82) is 0 Å². The molecule has 1 amide bonds. The summed E-state index contributed by atoms with van der Waals surface area (Å²) in [6, 6.07) is 13.7. The number of amides is 1. The molecular formula is C24H27NO7. The summed E-state index contributed by atoms with van der Waals surface area (Å²) >= 11 is 0. The lowest BCUT2D eigenvalue weighted by Crippen LogP contribution is -2.57. The quantitative estimate of drug-likeness (QED) is 0.454. The maximum atomic E-state index is 12.9. The smallest absolute Gasteiger partial charge is 0.348 e. The first-order chi connectivity index (χ1) is 15.4. The second-order valence-corrected chi connectivity index (χ2v) is 7.47. The lowest BCUT2D eigenvalue weighted by Gasteiger charge is -2.26. The number of carboxylic acids is 1. The van der Waals surface area contributed by atoms with Gasteiger partial charge in [0, 0.05) is 18.6 Å². The predicted molar refractivity (Wildman–Crippen MR) is 116 cm³/mol. The molecule has 1 fully saturated rings. The first-order valence-corrected chi connectivity index (χ1v) is 10.5. The Labute approximate surface area is 186 Å². The molecule has 0 spiro atoms. The summed E-state index contributed by atoms with van der Waals surface area (Å²) < 4.78 is 15.8. The first kappa shape index (κ1) is 23.3. The van der Waals surface area contributed by atoms with Crippen molar-refractivity contribution in [3.63, 3.8) is 0 Å². The summed E-state index contributed by atoms with van der Waals surface area (Å²) in [4.78, 5) is 37.1. The summed E-state index contributed by atoms with van der Waals surface area (Å²) in [7, 11) is 1.60. The van der Waals surface area contributed by atoms with E-state index in [1.807, 2.05) is 36.4 Å². The van der Waals surface area contributed by atoms with Gasteiger partial charge in [-0.05, 0) is 37.0 Å². The Balaban J connectivity index is 1.75. The third kappa shape index (κ3) is 4.91. The third-order valence-electron chi connectivity index (χ3n) is 5.41. The Morgan fingerprint density at radius 3 is 2.47 bits per heavy atom. The van der Waals surface area contributed by atoms with Crippen molar-refractivity contribution in [2.75, 3.05) is 20.3 Å². The van der Waals surface area contributed by atoms with E-state index >= 15 is 0 Å². The van der Waals surface area contributed by atoms with Crippen molar-refractivity contribution >= 4 is 17.8 Å². The number of esters is 1. The van der Waals surface area contributed by atoms with Crippen LogP contribution in [0.3, 0.4) is 0 Å². The molecule has 32 heavy (non-hydrogen) atoms. The molecule has 2 atom stereocenters. The number of aliphatic carboxylic acids is 1. The molecule has 170 valence electrons. The Bertz CT molecular complexity index is 965. The molecule has 0 saturated carbocycles. The summed E-state index contributed by atoms with van der Waals surface area (Å²) in [6.07, 6.45) is 0.707. The highest BCUT2D eigenvalue weighted by atomic mass is 16.6. The van der Waals surface area contributed by atoms with E-state index in [1.165, 1.54) is 0 Å². The van der Waals surface area contributed by atoms with E-state index in [-0.39, 0.29) is 26.1 Å². The van der Waals surface area contributed by atoms with Gasteiger partial charge in [0.05, 0.1) is 13.7 Å². The number of hydrogen-bond donors (Lipinski definition) is 2. The molecule has 0 aliphatic carbocycles. The van der Waals surface area contributed by atoms with Crippen LogP contribution in [0.15, 0.2) is 48.5 Å². The normalized spacial score (nSPS) is 18.6. The largest absolute Gasteiger partial charge is 0.496 e. The summed E-state index contributed by atoms with van der Waals surface area (Å²) in [6.45, 7) is 1.96. The van der Waals surface area contributed by atoms with Crippen molar-refractivity contribution in [1.82, 2.24) is 5.32 Å². The van der Waals surface area contributed by atoms with E-state index in [0.29, 0.717) is 12.0 Å². The van der Waals surface area contributed by atoms with Gasteiger partial charge >= 0.3 is 11.9 Å². The van der Waals surface area contributed by atoms with E-state index in [9.17, 15) is 19.5 Å². The van der Waals surface area contributed by atoms with Gasteiger partial charge in [-0.1, -0.05) is 42.5 Å². The van der Waals surface area contributed by atoms with Crippen LogP contribution in [-0.2, 0) is 30.3 Å². The van der Waals surface area contributed by atoms with Gasteiger partial charge in [-0.3, -0.25) is 4.79 Å². The van der Waals surface area contributed by atoms with Crippen molar-refractivity contribution in [3.8, 4) is 16.9 Å². The molecular weight excluding hydrogens is 414 g/mol. The summed E-state index contributed by atoms with van der Waals surface area (Å²) in [5, 5.41) is 12.1. The fourth-order valence-corrected chi connectivity index (χ4v) is 3.73. The molecule has 3 rings (SSSR count). The van der Waals surface area contributed by atoms with Gasteiger partial charge < -0.3 is 24.6 Å². The van der Waals surface area contributed by atoms with Gasteiger partial charge in [-0.25, -0.2) is 9.59 Å². The van der Waals surface area contributed by atoms with Crippen LogP contribution in [0, 0.1) is 0 Å². The number of ether oxygens (including phenoxy) is 3. The molecule has 2 aromatic carbocycles. The van der Waals surface area contributed by atoms with E-state index in [0.717, 1.165) is 16.9 Å². The predicted octanol–water partition coefficient (Wildman–Crippen LogP) is 2.59. The molecule has 0 radical (unpaired) electrons. The molecule has 8 nitrogen and oxygen atoms in total. The highest BCUT2D eigenvalue weighted by molar-refractivity contribution is 6.07. The van der Waals surface area contributed by atoms with Crippen molar-refractivity contribution in [2.24, 2.45) is 0 Å². The van der Waals surface area contributed by atoms with Crippen molar-refractivity contribution in [2.45, 2.75) is 37.8 Å². The van der Waals surface area contributed by atoms with Gasteiger partial charge in [0.1, 0.15) is 11.8 Å². The molecule has 2 N–H and O–H groups in total. The molecule has 1 saturated heterocycles. The lowest BCUT2D eigenvalue weighted by atomic mass is 9.97. The maximum absolute atomic E-state index is 12.9. The van der Waals surface area contributed by atoms with Crippen molar-refractivity contribution < 1.29 is 33.7 Å². The molecule has 0 bridgehead atoms. The zero-order valence-corrected chi connectivity index (χ0v) is 18.1. The Morgan fingerprint density at radius 2 is 1.88 bits per heavy atom. The molecule has 1 heterocycles. The van der Waals surface area contributed by atoms with Crippen LogP contribution >= 0.6 is 0 Å². The van der Waals surface area contributed by atoms with E-state index in [2.05, 4.69) is 5.32 Å². The average Bonchev–Trinajstić information content (AvgIpc) is 3.30. The third-order valence-corrected chi connectivity index (χ3v) is 5.41. The standard InChI is InChI=1S/C24H27NO7/c1-3-31-23(29)24(13-6-14-32-24)22(28)25-19(21(26)27)15-16-9-11-17(12-10-16)18-7-4-5-8-20(18)30-2/h4-5,7-12,19H,3,6,13-15H2,1-2H3,(H,25,28)(H,26,27)/t19-,24+/m0/s1. The van der Waals surface area contributed by atoms with Crippen LogP contribution in [-0.4, -0.2) is 54.9 Å². The fraction of sp³-hybridized carbons (Fsp3) is 0.375. The van der Waals surface area contributed by atoms with Gasteiger partial charge in [-0.2, -0.15) is 0 Å². The number of benzene rings is 2. The summed E-state index contributed by atoms with van der Waals surface area (Å²) in [5.41, 5.74) is 0.758. The Morgan fingerprint density at radius 1 is 1.16 bits per heavy atom. The number of carbonyl (C=O) groups excluding carboxylic acids is 2. The Hall–Kier alpha value is -3.39. The van der Waals surface area contributed by atoms with Gasteiger partial charge in [0.15, 0.2) is 0 Å². The number of carbonyl (C=O) groups is 3. The number of para-hydroxylation sites is 1. The zero-order valence-electron chi connectivity index (χ0n) is 18.1. The number of rotatable bonds is 9. The molecule has 1 aliphatic heterocycles. The van der Waals surface area contributed by atoms with Gasteiger partial charge in [0.2, 0.25) is 5.60 Å². The van der Waals surface area contributed by atoms with Crippen LogP contribution in [0.1, 0.15) is 25.3 Å².